The number of halogens is 1. The van der Waals surface area contributed by atoms with Crippen LogP contribution in [0.2, 0.25) is 0 Å². The Morgan fingerprint density at radius 2 is 1.80 bits per heavy atom. The van der Waals surface area contributed by atoms with Crippen LogP contribution in [-0.2, 0) is 15.1 Å². The average molecular weight is 400 g/mol. The molecule has 5 rings (SSSR count). The number of para-hydroxylation sites is 1. The van der Waals surface area contributed by atoms with Gasteiger partial charge in [-0.2, -0.15) is 0 Å². The van der Waals surface area contributed by atoms with Gasteiger partial charge in [0.25, 0.3) is 0 Å². The number of fused-ring (bicyclic) bond motifs is 5. The molecular weight excluding hydrogens is 379 g/mol. The highest BCUT2D eigenvalue weighted by Gasteiger charge is 2.48. The maximum atomic E-state index is 14.4. The minimum atomic E-state index is -1.45. The van der Waals surface area contributed by atoms with E-state index >= 15 is 0 Å². The van der Waals surface area contributed by atoms with Crippen LogP contribution in [0.15, 0.2) is 72.9 Å². The van der Waals surface area contributed by atoms with Crippen LogP contribution in [0.4, 0.5) is 15.8 Å². The maximum absolute atomic E-state index is 14.4. The predicted octanol–water partition coefficient (Wildman–Crippen LogP) is 4.85. The molecular formula is C25H21FN2O2. The second kappa shape index (κ2) is 6.82. The molecule has 5 heteroatoms. The lowest BCUT2D eigenvalue weighted by molar-refractivity contribution is -0.137. The molecule has 0 radical (unpaired) electrons. The van der Waals surface area contributed by atoms with Gasteiger partial charge >= 0.3 is 0 Å². The second-order valence-corrected chi connectivity index (χ2v) is 7.75. The van der Waals surface area contributed by atoms with Crippen LogP contribution in [0.25, 0.3) is 6.08 Å². The van der Waals surface area contributed by atoms with Crippen molar-refractivity contribution in [1.82, 2.24) is 0 Å². The third kappa shape index (κ3) is 2.59. The van der Waals surface area contributed by atoms with Crippen molar-refractivity contribution in [3.05, 3.63) is 101 Å². The molecule has 0 aromatic heterocycles. The number of rotatable bonds is 3. The monoisotopic (exact) mass is 400 g/mol. The van der Waals surface area contributed by atoms with Crippen molar-refractivity contribution >= 4 is 23.7 Å². The highest BCUT2D eigenvalue weighted by molar-refractivity contribution is 5.83. The quantitative estimate of drug-likeness (QED) is 0.588. The van der Waals surface area contributed by atoms with E-state index in [4.69, 9.17) is 4.74 Å². The van der Waals surface area contributed by atoms with Gasteiger partial charge in [-0.1, -0.05) is 42.5 Å². The molecule has 2 heterocycles. The fraction of sp³-hybridized carbons (Fsp3) is 0.160. The number of carbonyl (C=O) groups is 1. The van der Waals surface area contributed by atoms with Crippen molar-refractivity contribution < 1.29 is 13.9 Å². The summed E-state index contributed by atoms with van der Waals surface area (Å²) < 4.78 is 21.0. The van der Waals surface area contributed by atoms with Crippen molar-refractivity contribution in [3.8, 4) is 0 Å². The third-order valence-corrected chi connectivity index (χ3v) is 5.82. The van der Waals surface area contributed by atoms with E-state index in [-0.39, 0.29) is 0 Å². The van der Waals surface area contributed by atoms with Crippen LogP contribution in [0.1, 0.15) is 28.5 Å². The van der Waals surface area contributed by atoms with Crippen LogP contribution in [-0.4, -0.2) is 20.4 Å². The first kappa shape index (κ1) is 18.6. The first-order chi connectivity index (χ1) is 14.5. The largest absolute Gasteiger partial charge is 0.377 e. The summed E-state index contributed by atoms with van der Waals surface area (Å²) >= 11 is 0. The summed E-state index contributed by atoms with van der Waals surface area (Å²) in [5.41, 5.74) is 3.31. The molecule has 3 aromatic rings. The molecule has 0 aliphatic carbocycles. The molecule has 150 valence electrons. The normalized spacial score (nSPS) is 21.4. The molecule has 4 nitrogen and oxygen atoms in total. The number of hydrogen-bond donors (Lipinski definition) is 0. The molecule has 2 aliphatic rings. The van der Waals surface area contributed by atoms with Gasteiger partial charge in [0.15, 0.2) is 18.1 Å². The number of benzene rings is 3. The van der Waals surface area contributed by atoms with Gasteiger partial charge in [0.1, 0.15) is 5.82 Å². The molecule has 3 aromatic carbocycles. The zero-order chi connectivity index (χ0) is 20.9. The maximum Gasteiger partial charge on any atom is 0.180 e. The number of ether oxygens (including phenoxy) is 1. The molecule has 0 spiro atoms. The molecule has 0 bridgehead atoms. The summed E-state index contributed by atoms with van der Waals surface area (Å²) in [6, 6.07) is 20.1. The van der Waals surface area contributed by atoms with Crippen molar-refractivity contribution in [2.75, 3.05) is 23.9 Å². The number of hydrogen-bond acceptors (Lipinski definition) is 4. The highest BCUT2D eigenvalue weighted by atomic mass is 19.1. The average Bonchev–Trinajstić information content (AvgIpc) is 2.78. The number of anilines is 2. The van der Waals surface area contributed by atoms with Gasteiger partial charge in [0, 0.05) is 42.7 Å². The molecule has 2 aliphatic heterocycles. The van der Waals surface area contributed by atoms with E-state index in [2.05, 4.69) is 0 Å². The molecule has 0 N–H and O–H groups in total. The van der Waals surface area contributed by atoms with E-state index in [9.17, 15) is 9.18 Å². The van der Waals surface area contributed by atoms with E-state index in [0.717, 1.165) is 28.8 Å². The number of aldehydes is 1. The molecule has 2 atom stereocenters. The zero-order valence-corrected chi connectivity index (χ0v) is 16.7. The van der Waals surface area contributed by atoms with Crippen molar-refractivity contribution in [2.24, 2.45) is 0 Å². The topological polar surface area (TPSA) is 32.8 Å². The Morgan fingerprint density at radius 1 is 1.03 bits per heavy atom. The van der Waals surface area contributed by atoms with Gasteiger partial charge in [-0.3, -0.25) is 4.79 Å². The fourth-order valence-electron chi connectivity index (χ4n) is 4.41. The van der Waals surface area contributed by atoms with Crippen LogP contribution < -0.4 is 9.80 Å². The Labute approximate surface area is 174 Å². The predicted molar refractivity (Wildman–Crippen MR) is 116 cm³/mol. The van der Waals surface area contributed by atoms with E-state index in [1.54, 1.807) is 6.07 Å². The highest BCUT2D eigenvalue weighted by Crippen LogP contribution is 2.51. The summed E-state index contributed by atoms with van der Waals surface area (Å²) in [4.78, 5) is 16.7. The minimum Gasteiger partial charge on any atom is -0.377 e. The summed E-state index contributed by atoms with van der Waals surface area (Å²) in [7, 11) is 3.74. The first-order valence-electron chi connectivity index (χ1n) is 9.81. The van der Waals surface area contributed by atoms with Gasteiger partial charge in [-0.25, -0.2) is 4.39 Å². The van der Waals surface area contributed by atoms with Crippen LogP contribution in [0.3, 0.4) is 0 Å². The summed E-state index contributed by atoms with van der Waals surface area (Å²) in [6.45, 7) is 0. The van der Waals surface area contributed by atoms with Gasteiger partial charge in [-0.05, 0) is 35.9 Å². The molecule has 0 fully saturated rings. The SMILES string of the molecule is CN(C)c1ccc(F)cc1[C@@]1(C=O)O[C@H]2c3ccccc3C=CN2c2ccccc21. The van der Waals surface area contributed by atoms with Crippen LogP contribution >= 0.6 is 0 Å². The summed E-state index contributed by atoms with van der Waals surface area (Å²) in [5, 5.41) is 0. The Hall–Kier alpha value is -3.44. The molecule has 30 heavy (non-hydrogen) atoms. The van der Waals surface area contributed by atoms with E-state index in [0.29, 0.717) is 11.1 Å². The van der Waals surface area contributed by atoms with Crippen molar-refractivity contribution in [1.29, 1.82) is 0 Å². The fourth-order valence-corrected chi connectivity index (χ4v) is 4.41. The lowest BCUT2D eigenvalue weighted by atomic mass is 9.82. The first-order valence-corrected chi connectivity index (χ1v) is 9.81. The standard InChI is InChI=1S/C25H21FN2O2/c1-27(2)22-12-11-18(26)15-21(22)25(16-29)20-9-5-6-10-23(20)28-14-13-17-7-3-4-8-19(17)24(28)30-25/h3-16,24H,1-2H3/t24-,25-/m0/s1. The summed E-state index contributed by atoms with van der Waals surface area (Å²) in [5.74, 6) is -0.413. The molecule has 0 saturated carbocycles. The second-order valence-electron chi connectivity index (χ2n) is 7.75. The smallest absolute Gasteiger partial charge is 0.180 e. The molecule has 0 saturated heterocycles. The van der Waals surface area contributed by atoms with Gasteiger partial charge in [0.05, 0.1) is 5.69 Å². The van der Waals surface area contributed by atoms with Gasteiger partial charge in [-0.15, -0.1) is 0 Å². The van der Waals surface area contributed by atoms with Crippen LogP contribution in [0, 0.1) is 5.82 Å². The summed E-state index contributed by atoms with van der Waals surface area (Å²) in [6.07, 6.45) is 4.29. The van der Waals surface area contributed by atoms with Gasteiger partial charge < -0.3 is 14.5 Å². The molecule has 0 unspecified atom stereocenters. The van der Waals surface area contributed by atoms with Gasteiger partial charge in [0.2, 0.25) is 0 Å². The van der Waals surface area contributed by atoms with Crippen molar-refractivity contribution in [2.45, 2.75) is 11.8 Å². The van der Waals surface area contributed by atoms with Crippen LogP contribution in [0.5, 0.6) is 0 Å². The lowest BCUT2D eigenvalue weighted by Crippen LogP contribution is -2.46. The minimum absolute atomic E-state index is 0.413. The Balaban J connectivity index is 1.81. The zero-order valence-electron chi connectivity index (χ0n) is 16.7. The lowest BCUT2D eigenvalue weighted by Gasteiger charge is -2.47. The third-order valence-electron chi connectivity index (χ3n) is 5.82. The Kier molecular flexibility index (Phi) is 4.22. The van der Waals surface area contributed by atoms with Crippen molar-refractivity contribution in [3.63, 3.8) is 0 Å². The van der Waals surface area contributed by atoms with E-state index in [1.807, 2.05) is 84.7 Å². The van der Waals surface area contributed by atoms with E-state index < -0.39 is 17.6 Å². The Bertz CT molecular complexity index is 1170. The number of nitrogens with zero attached hydrogens (tertiary/aromatic N) is 2. The molecule has 0 amide bonds. The Morgan fingerprint density at radius 3 is 2.60 bits per heavy atom. The number of carbonyl (C=O) groups excluding carboxylic acids is 1. The van der Waals surface area contributed by atoms with E-state index in [1.165, 1.54) is 12.1 Å².